The molecule has 0 aliphatic carbocycles. The van der Waals surface area contributed by atoms with Crippen LogP contribution in [0.25, 0.3) is 63.2 Å². The fourth-order valence-corrected chi connectivity index (χ4v) is 6.41. The summed E-state index contributed by atoms with van der Waals surface area (Å²) in [6.07, 6.45) is 20.6. The van der Waals surface area contributed by atoms with Gasteiger partial charge in [0.25, 0.3) is 0 Å². The van der Waals surface area contributed by atoms with Crippen LogP contribution in [0, 0.1) is 6.92 Å². The SMILES string of the molecule is C/C=C(\C)c1ccccc1.C=C(C=Cn1c(C)c(/C=C\C=C=Cc2c(/C=C\C)c3ncccc3n2-c2ccccc2)c2ccccc21)c1ccccc1.CC.CC. The Hall–Kier alpha value is -6.67. The molecule has 0 N–H and O–H groups in total. The van der Waals surface area contributed by atoms with Crippen molar-refractivity contribution in [3.05, 3.63) is 210 Å². The first-order valence-corrected chi connectivity index (χ1v) is 20.0. The summed E-state index contributed by atoms with van der Waals surface area (Å²) in [5.41, 5.74) is 16.9. The summed E-state index contributed by atoms with van der Waals surface area (Å²) in [6.45, 7) is 20.6. The maximum atomic E-state index is 4.72. The van der Waals surface area contributed by atoms with Gasteiger partial charge in [0, 0.05) is 46.4 Å². The van der Waals surface area contributed by atoms with Crippen LogP contribution in [0.5, 0.6) is 0 Å². The maximum Gasteiger partial charge on any atom is 0.0963 e. The third-order valence-electron chi connectivity index (χ3n) is 9.26. The third kappa shape index (κ3) is 10.8. The lowest BCUT2D eigenvalue weighted by atomic mass is 10.1. The van der Waals surface area contributed by atoms with E-state index >= 15 is 0 Å². The van der Waals surface area contributed by atoms with Crippen molar-refractivity contribution in [2.75, 3.05) is 0 Å². The molecule has 0 unspecified atom stereocenters. The Morgan fingerprint density at radius 3 is 1.93 bits per heavy atom. The van der Waals surface area contributed by atoms with Crippen molar-refractivity contribution in [2.24, 2.45) is 0 Å². The van der Waals surface area contributed by atoms with Crippen LogP contribution in [0.4, 0.5) is 0 Å². The second-order valence-corrected chi connectivity index (χ2v) is 12.6. The predicted octanol–water partition coefficient (Wildman–Crippen LogP) is 15.5. The monoisotopic (exact) mass is 747 g/mol. The number of allylic oxidation sites excluding steroid dienone is 7. The summed E-state index contributed by atoms with van der Waals surface area (Å²) in [5.74, 6) is 0. The van der Waals surface area contributed by atoms with E-state index in [1.807, 2.05) is 89.4 Å². The van der Waals surface area contributed by atoms with Crippen LogP contribution >= 0.6 is 0 Å². The number of hydrogen-bond acceptors (Lipinski definition) is 1. The lowest BCUT2D eigenvalue weighted by Crippen LogP contribution is -1.96. The van der Waals surface area contributed by atoms with E-state index < -0.39 is 0 Å². The Bertz CT molecular complexity index is 2510. The van der Waals surface area contributed by atoms with Crippen LogP contribution in [-0.4, -0.2) is 14.1 Å². The van der Waals surface area contributed by atoms with Crippen molar-refractivity contribution in [3.8, 4) is 5.69 Å². The summed E-state index contributed by atoms with van der Waals surface area (Å²) in [7, 11) is 0. The molecule has 3 heteroatoms. The van der Waals surface area contributed by atoms with Crippen molar-refractivity contribution in [3.63, 3.8) is 0 Å². The Kier molecular flexibility index (Phi) is 17.1. The minimum atomic E-state index is 0.972. The van der Waals surface area contributed by atoms with Gasteiger partial charge in [-0.05, 0) is 92.5 Å². The number of nitrogens with zero attached hydrogens (tertiary/aromatic N) is 3. The maximum absolute atomic E-state index is 4.72. The number of aromatic nitrogens is 3. The largest absolute Gasteiger partial charge is 0.320 e. The molecule has 0 radical (unpaired) electrons. The van der Waals surface area contributed by atoms with Crippen molar-refractivity contribution in [2.45, 2.75) is 55.4 Å². The molecule has 0 atom stereocenters. The molecule has 0 aliphatic rings. The summed E-state index contributed by atoms with van der Waals surface area (Å²) >= 11 is 0. The quantitative estimate of drug-likeness (QED) is 0.106. The molecule has 0 saturated heterocycles. The molecule has 288 valence electrons. The normalized spacial score (nSPS) is 11.1. The van der Waals surface area contributed by atoms with Gasteiger partial charge in [-0.25, -0.2) is 0 Å². The highest BCUT2D eigenvalue weighted by Gasteiger charge is 2.15. The van der Waals surface area contributed by atoms with Gasteiger partial charge in [0.05, 0.1) is 22.2 Å². The first-order valence-electron chi connectivity index (χ1n) is 20.0. The second-order valence-electron chi connectivity index (χ2n) is 12.6. The van der Waals surface area contributed by atoms with Crippen LogP contribution in [0.2, 0.25) is 0 Å². The molecule has 0 amide bonds. The van der Waals surface area contributed by atoms with Crippen LogP contribution < -0.4 is 0 Å². The highest BCUT2D eigenvalue weighted by atomic mass is 15.0. The van der Waals surface area contributed by atoms with E-state index in [0.29, 0.717) is 0 Å². The van der Waals surface area contributed by atoms with Gasteiger partial charge >= 0.3 is 0 Å². The molecule has 3 aromatic heterocycles. The van der Waals surface area contributed by atoms with E-state index in [9.17, 15) is 0 Å². The Labute approximate surface area is 341 Å². The Morgan fingerprint density at radius 1 is 0.684 bits per heavy atom. The minimum absolute atomic E-state index is 0.972. The molecular weight excluding hydrogens is 691 g/mol. The molecule has 57 heavy (non-hydrogen) atoms. The van der Waals surface area contributed by atoms with E-state index in [1.54, 1.807) is 0 Å². The number of para-hydroxylation sites is 2. The Balaban J connectivity index is 0.000000441. The molecule has 3 nitrogen and oxygen atoms in total. The molecule has 7 aromatic rings. The number of hydrogen-bond donors (Lipinski definition) is 0. The van der Waals surface area contributed by atoms with Crippen molar-refractivity contribution >= 4 is 57.5 Å². The van der Waals surface area contributed by atoms with Crippen LogP contribution in [-0.2, 0) is 0 Å². The van der Waals surface area contributed by atoms with Crippen LogP contribution in [0.1, 0.15) is 82.1 Å². The molecule has 4 aromatic carbocycles. The summed E-state index contributed by atoms with van der Waals surface area (Å²) in [5, 5.41) is 1.20. The molecule has 0 aliphatic heterocycles. The number of rotatable bonds is 9. The van der Waals surface area contributed by atoms with Gasteiger partial charge in [-0.15, -0.1) is 5.73 Å². The van der Waals surface area contributed by atoms with Gasteiger partial charge in [0.15, 0.2) is 0 Å². The third-order valence-corrected chi connectivity index (χ3v) is 9.26. The fourth-order valence-electron chi connectivity index (χ4n) is 6.41. The van der Waals surface area contributed by atoms with Crippen molar-refractivity contribution < 1.29 is 0 Å². The number of pyridine rings is 1. The van der Waals surface area contributed by atoms with E-state index in [0.717, 1.165) is 50.3 Å². The molecule has 0 spiro atoms. The van der Waals surface area contributed by atoms with Crippen LogP contribution in [0.15, 0.2) is 176 Å². The summed E-state index contributed by atoms with van der Waals surface area (Å²) in [4.78, 5) is 4.72. The molecule has 0 saturated carbocycles. The average molecular weight is 748 g/mol. The van der Waals surface area contributed by atoms with Crippen molar-refractivity contribution in [1.82, 2.24) is 14.1 Å². The van der Waals surface area contributed by atoms with Gasteiger partial charge in [-0.2, -0.15) is 0 Å². The molecule has 0 bridgehead atoms. The van der Waals surface area contributed by atoms with Gasteiger partial charge < -0.3 is 9.13 Å². The highest BCUT2D eigenvalue weighted by Crippen LogP contribution is 2.31. The average Bonchev–Trinajstić information content (AvgIpc) is 3.74. The van der Waals surface area contributed by atoms with Gasteiger partial charge in [0.1, 0.15) is 0 Å². The number of benzene rings is 4. The van der Waals surface area contributed by atoms with E-state index in [-0.39, 0.29) is 0 Å². The van der Waals surface area contributed by atoms with Crippen molar-refractivity contribution in [1.29, 1.82) is 0 Å². The van der Waals surface area contributed by atoms with Gasteiger partial charge in [0.2, 0.25) is 0 Å². The Morgan fingerprint density at radius 2 is 1.28 bits per heavy atom. The topological polar surface area (TPSA) is 22.8 Å². The zero-order valence-corrected chi connectivity index (χ0v) is 34.9. The second kappa shape index (κ2) is 22.6. The first-order chi connectivity index (χ1) is 28.0. The lowest BCUT2D eigenvalue weighted by molar-refractivity contribution is 1.10. The first kappa shape index (κ1) is 43.1. The predicted molar refractivity (Wildman–Crippen MR) is 253 cm³/mol. The van der Waals surface area contributed by atoms with Crippen LogP contribution in [0.3, 0.4) is 0 Å². The zero-order valence-electron chi connectivity index (χ0n) is 34.9. The number of fused-ring (bicyclic) bond motifs is 2. The van der Waals surface area contributed by atoms with Gasteiger partial charge in [-0.3, -0.25) is 4.98 Å². The smallest absolute Gasteiger partial charge is 0.0963 e. The molecule has 7 rings (SSSR count). The van der Waals surface area contributed by atoms with E-state index in [4.69, 9.17) is 4.98 Å². The molecule has 3 heterocycles. The minimum Gasteiger partial charge on any atom is -0.320 e. The standard InChI is InChI=1S/C40H33N3.C10H12.2C2H6/c1-4-17-36-38(43(33-20-10-6-11-21-33)39-26-16-28-41-40(36)39)25-13-7-12-22-34-31(3)42(37-24-15-14-23-35(34)37)29-27-30(2)32-18-8-5-9-19-32;1-3-9(2)10-7-5-4-6-8-10;2*1-2/h4-12,14-29H,2H2,1,3H3;3-8H,1-2H3;2*1-2H3/b17-4-,22-12-,29-27?;9-3+;;. The van der Waals surface area contributed by atoms with Gasteiger partial charge in [-0.1, -0.05) is 162 Å². The molecular formula is C54H57N3. The zero-order chi connectivity index (χ0) is 41.0. The highest BCUT2D eigenvalue weighted by molar-refractivity contribution is 5.94. The van der Waals surface area contributed by atoms with E-state index in [2.05, 4.69) is 176 Å². The molecule has 0 fully saturated rings. The lowest BCUT2D eigenvalue weighted by Gasteiger charge is -2.08. The van der Waals surface area contributed by atoms with E-state index in [1.165, 1.54) is 22.1 Å². The summed E-state index contributed by atoms with van der Waals surface area (Å²) in [6, 6.07) is 43.6. The fraction of sp³-hybridized carbons (Fsp3) is 0.148. The summed E-state index contributed by atoms with van der Waals surface area (Å²) < 4.78 is 4.48.